The molecule has 0 heterocycles. The predicted octanol–water partition coefficient (Wildman–Crippen LogP) is 10.3. The molecule has 174 valence electrons. The molecule has 2 aromatic rings. The van der Waals surface area contributed by atoms with E-state index in [1.54, 1.807) is 0 Å². The van der Waals surface area contributed by atoms with Gasteiger partial charge in [0.05, 0.1) is 30.1 Å². The Kier molecular flexibility index (Phi) is 11.0. The van der Waals surface area contributed by atoms with E-state index < -0.39 is 11.9 Å². The van der Waals surface area contributed by atoms with Crippen molar-refractivity contribution < 1.29 is 19.1 Å². The first-order chi connectivity index (χ1) is 14.9. The van der Waals surface area contributed by atoms with E-state index in [0.717, 1.165) is 0 Å². The fourth-order valence-corrected chi connectivity index (χ4v) is 4.61. The van der Waals surface area contributed by atoms with Gasteiger partial charge in [0, 0.05) is 12.8 Å². The lowest BCUT2D eigenvalue weighted by molar-refractivity contribution is -0.136. The van der Waals surface area contributed by atoms with E-state index in [0.29, 0.717) is 0 Å². The summed E-state index contributed by atoms with van der Waals surface area (Å²) in [5.41, 5.74) is 0. The highest BCUT2D eigenvalue weighted by Crippen LogP contribution is 2.49. The molecule has 0 aliphatic heterocycles. The lowest BCUT2D eigenvalue weighted by atomic mass is 10.2. The number of unbranched alkanes of at least 4 members (excludes halogenated alkanes) is 1. The zero-order valence-electron chi connectivity index (χ0n) is 15.2. The lowest BCUT2D eigenvalue weighted by Gasteiger charge is -2.13. The summed E-state index contributed by atoms with van der Waals surface area (Å²) in [6.45, 7) is 0. The summed E-state index contributed by atoms with van der Waals surface area (Å²) in [6, 6.07) is 0. The second kappa shape index (κ2) is 12.3. The summed E-state index contributed by atoms with van der Waals surface area (Å²) in [7, 11) is 0. The number of hydrogen-bond donors (Lipinski definition) is 0. The molecule has 4 nitrogen and oxygen atoms in total. The number of carbonyl (C=O) groups excluding carboxylic acids is 2. The second-order valence-electron chi connectivity index (χ2n) is 5.95. The van der Waals surface area contributed by atoms with Gasteiger partial charge in [0.15, 0.2) is 11.5 Å². The normalized spacial score (nSPS) is 10.9. The molecule has 0 radical (unpaired) electrons. The van der Waals surface area contributed by atoms with Crippen LogP contribution in [0.1, 0.15) is 25.7 Å². The van der Waals surface area contributed by atoms with Crippen LogP contribution in [0.2, 0.25) is 50.2 Å². The minimum Gasteiger partial charge on any atom is -0.423 e. The smallest absolute Gasteiger partial charge is 0.311 e. The molecule has 2 rings (SSSR count). The quantitative estimate of drug-likeness (QED) is 0.0992. The zero-order chi connectivity index (χ0) is 24.3. The highest BCUT2D eigenvalue weighted by molar-refractivity contribution is 6.56. The van der Waals surface area contributed by atoms with Crippen molar-refractivity contribution in [2.75, 3.05) is 0 Å². The van der Waals surface area contributed by atoms with E-state index in [2.05, 4.69) is 0 Å². The van der Waals surface area contributed by atoms with Gasteiger partial charge in [-0.1, -0.05) is 116 Å². The van der Waals surface area contributed by atoms with Gasteiger partial charge in [0.1, 0.15) is 20.1 Å². The number of esters is 2. The Morgan fingerprint density at radius 3 is 0.906 bits per heavy atom. The van der Waals surface area contributed by atoms with E-state index in [-0.39, 0.29) is 87.4 Å². The summed E-state index contributed by atoms with van der Waals surface area (Å²) in [4.78, 5) is 24.2. The zero-order valence-corrected chi connectivity index (χ0v) is 22.8. The van der Waals surface area contributed by atoms with Gasteiger partial charge < -0.3 is 9.47 Å². The van der Waals surface area contributed by atoms with Crippen LogP contribution in [0, 0.1) is 0 Å². The Hall–Kier alpha value is 0.280. The first-order valence-corrected chi connectivity index (χ1v) is 12.1. The summed E-state index contributed by atoms with van der Waals surface area (Å²) in [5, 5.41) is -1.17. The van der Waals surface area contributed by atoms with E-state index in [9.17, 15) is 9.59 Å². The maximum absolute atomic E-state index is 12.1. The number of carbonyl (C=O) groups is 2. The van der Waals surface area contributed by atoms with Gasteiger partial charge in [0.2, 0.25) is 0 Å². The molecule has 14 heteroatoms. The molecule has 0 aromatic heterocycles. The monoisotopic (exact) mass is 638 g/mol. The van der Waals surface area contributed by atoms with Gasteiger partial charge in [-0.2, -0.15) is 0 Å². The van der Waals surface area contributed by atoms with Crippen molar-refractivity contribution in [1.29, 1.82) is 0 Å². The van der Waals surface area contributed by atoms with Crippen LogP contribution >= 0.6 is 116 Å². The van der Waals surface area contributed by atoms with Crippen molar-refractivity contribution in [3.05, 3.63) is 50.2 Å². The average Bonchev–Trinajstić information content (AvgIpc) is 2.77. The van der Waals surface area contributed by atoms with Crippen molar-refractivity contribution in [1.82, 2.24) is 0 Å². The van der Waals surface area contributed by atoms with E-state index in [1.807, 2.05) is 0 Å². The molecule has 0 spiro atoms. The molecular weight excluding hydrogens is 635 g/mol. The molecule has 0 unspecified atom stereocenters. The Morgan fingerprint density at radius 2 is 0.656 bits per heavy atom. The Morgan fingerprint density at radius 1 is 0.438 bits per heavy atom. The minimum atomic E-state index is -0.682. The summed E-state index contributed by atoms with van der Waals surface area (Å²) < 4.78 is 10.3. The third kappa shape index (κ3) is 6.48. The maximum atomic E-state index is 12.1. The number of ether oxygens (including phenoxy) is 2. The molecule has 0 atom stereocenters. The molecule has 2 aromatic carbocycles. The largest absolute Gasteiger partial charge is 0.423 e. The number of rotatable bonds is 7. The Bertz CT molecular complexity index is 943. The van der Waals surface area contributed by atoms with Crippen LogP contribution < -0.4 is 9.47 Å². The van der Waals surface area contributed by atoms with Crippen LogP contribution in [0.4, 0.5) is 0 Å². The third-order valence-corrected chi connectivity index (χ3v) is 8.27. The average molecular weight is 643 g/mol. The SMILES string of the molecule is O=C(CCCCC(=O)Oc1c(Cl)c(Cl)c(Cl)c(Cl)c1Cl)Oc1c(Cl)c(Cl)c(Cl)c(Cl)c1Cl. The van der Waals surface area contributed by atoms with Crippen molar-refractivity contribution >= 4 is 128 Å². The van der Waals surface area contributed by atoms with E-state index >= 15 is 0 Å². The number of benzene rings is 2. The first kappa shape index (κ1) is 28.5. The standard InChI is InChI=1S/C18H8Cl10O4/c19-7-9(21)13(25)17(14(26)10(7)22)31-5(29)3-1-2-4-6(30)32-18-15(27)11(23)8(20)12(24)16(18)28/h1-4H2. The van der Waals surface area contributed by atoms with Crippen molar-refractivity contribution in [2.24, 2.45) is 0 Å². The van der Waals surface area contributed by atoms with E-state index in [4.69, 9.17) is 125 Å². The van der Waals surface area contributed by atoms with Crippen molar-refractivity contribution in [2.45, 2.75) is 25.7 Å². The molecule has 0 saturated carbocycles. The fourth-order valence-electron chi connectivity index (χ4n) is 2.22. The molecule has 0 saturated heterocycles. The van der Waals surface area contributed by atoms with E-state index in [1.165, 1.54) is 0 Å². The third-order valence-electron chi connectivity index (χ3n) is 3.78. The fraction of sp³-hybridized carbons (Fsp3) is 0.222. The second-order valence-corrected chi connectivity index (χ2v) is 9.73. The van der Waals surface area contributed by atoms with Gasteiger partial charge in [-0.25, -0.2) is 0 Å². The summed E-state index contributed by atoms with van der Waals surface area (Å²) in [6.07, 6.45) is 0.388. The Balaban J connectivity index is 1.91. The topological polar surface area (TPSA) is 52.6 Å². The lowest BCUT2D eigenvalue weighted by Crippen LogP contribution is -2.11. The number of hydrogen-bond acceptors (Lipinski definition) is 4. The molecule has 0 N–H and O–H groups in total. The van der Waals surface area contributed by atoms with Crippen molar-refractivity contribution in [3.8, 4) is 11.5 Å². The summed E-state index contributed by atoms with van der Waals surface area (Å²) >= 11 is 59.5. The molecule has 32 heavy (non-hydrogen) atoms. The maximum Gasteiger partial charge on any atom is 0.311 e. The van der Waals surface area contributed by atoms with Crippen LogP contribution in [0.3, 0.4) is 0 Å². The first-order valence-electron chi connectivity index (χ1n) is 8.32. The van der Waals surface area contributed by atoms with Crippen LogP contribution in [0.25, 0.3) is 0 Å². The summed E-state index contributed by atoms with van der Waals surface area (Å²) in [5.74, 6) is -1.78. The Labute approximate surface area is 232 Å². The van der Waals surface area contributed by atoms with Gasteiger partial charge in [-0.05, 0) is 12.8 Å². The van der Waals surface area contributed by atoms with Gasteiger partial charge >= 0.3 is 11.9 Å². The highest BCUT2D eigenvalue weighted by atomic mass is 35.5. The molecule has 0 fully saturated rings. The van der Waals surface area contributed by atoms with Gasteiger partial charge in [-0.15, -0.1) is 0 Å². The number of halogens is 10. The van der Waals surface area contributed by atoms with Gasteiger partial charge in [-0.3, -0.25) is 9.59 Å². The van der Waals surface area contributed by atoms with Crippen LogP contribution in [0.15, 0.2) is 0 Å². The highest BCUT2D eigenvalue weighted by Gasteiger charge is 2.24. The minimum absolute atomic E-state index is 0.0647. The molecule has 0 bridgehead atoms. The predicted molar refractivity (Wildman–Crippen MR) is 133 cm³/mol. The van der Waals surface area contributed by atoms with Crippen LogP contribution in [-0.2, 0) is 9.59 Å². The molecule has 0 amide bonds. The molecule has 0 aliphatic rings. The molecule has 0 aliphatic carbocycles. The van der Waals surface area contributed by atoms with Crippen molar-refractivity contribution in [3.63, 3.8) is 0 Å². The van der Waals surface area contributed by atoms with Gasteiger partial charge in [0.25, 0.3) is 0 Å². The molecular formula is C18H8Cl10O4. The van der Waals surface area contributed by atoms with Crippen LogP contribution in [-0.4, -0.2) is 11.9 Å². The van der Waals surface area contributed by atoms with Crippen LogP contribution in [0.5, 0.6) is 11.5 Å².